The van der Waals surface area contributed by atoms with E-state index in [1.54, 1.807) is 38.5 Å². The lowest BCUT2D eigenvalue weighted by Gasteiger charge is -2.17. The van der Waals surface area contributed by atoms with Gasteiger partial charge in [0.1, 0.15) is 11.5 Å². The smallest absolute Gasteiger partial charge is 0.319 e. The first-order valence-corrected chi connectivity index (χ1v) is 7.60. The number of aliphatic hydroxyl groups excluding tert-OH is 1. The van der Waals surface area contributed by atoms with E-state index in [-0.39, 0.29) is 18.7 Å². The molecule has 0 aliphatic heterocycles. The molecule has 2 rings (SSSR count). The molecule has 128 valence electrons. The maximum atomic E-state index is 12.0. The van der Waals surface area contributed by atoms with Gasteiger partial charge in [-0.15, -0.1) is 0 Å². The minimum atomic E-state index is -0.378. The highest BCUT2D eigenvalue weighted by Gasteiger charge is 2.12. The van der Waals surface area contributed by atoms with Crippen molar-refractivity contribution in [2.75, 3.05) is 26.1 Å². The van der Waals surface area contributed by atoms with Crippen LogP contribution in [0.4, 0.5) is 10.5 Å². The number of nitrogens with one attached hydrogen (secondary N) is 2. The fourth-order valence-electron chi connectivity index (χ4n) is 2.23. The van der Waals surface area contributed by atoms with Gasteiger partial charge in [-0.1, -0.05) is 12.1 Å². The molecule has 0 spiro atoms. The van der Waals surface area contributed by atoms with Gasteiger partial charge in [-0.2, -0.15) is 0 Å². The van der Waals surface area contributed by atoms with Gasteiger partial charge in [0, 0.05) is 5.69 Å². The van der Waals surface area contributed by atoms with Crippen molar-refractivity contribution in [3.05, 3.63) is 54.1 Å². The van der Waals surface area contributed by atoms with Crippen molar-refractivity contribution in [3.63, 3.8) is 0 Å². The quantitative estimate of drug-likeness (QED) is 0.728. The van der Waals surface area contributed by atoms with Crippen LogP contribution in [0.5, 0.6) is 11.5 Å². The summed E-state index contributed by atoms with van der Waals surface area (Å²) in [5.41, 5.74) is 1.65. The molecule has 1 unspecified atom stereocenters. The molecule has 3 N–H and O–H groups in total. The summed E-state index contributed by atoms with van der Waals surface area (Å²) in [5.74, 6) is 1.48. The van der Waals surface area contributed by atoms with E-state index in [1.807, 2.05) is 24.3 Å². The Labute approximate surface area is 141 Å². The number of aliphatic hydroxyl groups is 1. The molecule has 0 aromatic heterocycles. The van der Waals surface area contributed by atoms with Crippen molar-refractivity contribution in [3.8, 4) is 11.5 Å². The van der Waals surface area contributed by atoms with Crippen LogP contribution in [0, 0.1) is 0 Å². The summed E-state index contributed by atoms with van der Waals surface area (Å²) in [6, 6.07) is 13.8. The van der Waals surface area contributed by atoms with Crippen molar-refractivity contribution in [2.24, 2.45) is 0 Å². The van der Waals surface area contributed by atoms with Crippen LogP contribution in [0.3, 0.4) is 0 Å². The van der Waals surface area contributed by atoms with Gasteiger partial charge in [0.05, 0.1) is 26.9 Å². The second kappa shape index (κ2) is 8.79. The number of carbonyl (C=O) groups excluding carboxylic acids is 1. The van der Waals surface area contributed by atoms with E-state index in [9.17, 15) is 9.90 Å². The fraction of sp³-hybridized carbons (Fsp3) is 0.278. The first-order valence-electron chi connectivity index (χ1n) is 7.60. The number of rotatable bonds is 7. The molecule has 6 nitrogen and oxygen atoms in total. The van der Waals surface area contributed by atoms with E-state index in [2.05, 4.69) is 10.6 Å². The maximum Gasteiger partial charge on any atom is 0.319 e. The third kappa shape index (κ3) is 5.17. The van der Waals surface area contributed by atoms with E-state index >= 15 is 0 Å². The third-order valence-corrected chi connectivity index (χ3v) is 3.54. The summed E-state index contributed by atoms with van der Waals surface area (Å²) >= 11 is 0. The van der Waals surface area contributed by atoms with Crippen molar-refractivity contribution < 1.29 is 19.4 Å². The highest BCUT2D eigenvalue weighted by molar-refractivity contribution is 5.89. The zero-order valence-corrected chi connectivity index (χ0v) is 13.8. The highest BCUT2D eigenvalue weighted by atomic mass is 16.5. The summed E-state index contributed by atoms with van der Waals surface area (Å²) in [6.45, 7) is -0.151. The monoisotopic (exact) mass is 330 g/mol. The van der Waals surface area contributed by atoms with E-state index < -0.39 is 0 Å². The van der Waals surface area contributed by atoms with Crippen molar-refractivity contribution in [1.82, 2.24) is 5.32 Å². The number of amides is 2. The van der Waals surface area contributed by atoms with Crippen LogP contribution in [0.25, 0.3) is 0 Å². The molecule has 24 heavy (non-hydrogen) atoms. The molecule has 0 radical (unpaired) electrons. The Bertz CT molecular complexity index is 641. The topological polar surface area (TPSA) is 79.8 Å². The molecule has 0 heterocycles. The summed E-state index contributed by atoms with van der Waals surface area (Å²) in [4.78, 5) is 12.0. The molecule has 0 fully saturated rings. The summed E-state index contributed by atoms with van der Waals surface area (Å²) in [5, 5.41) is 15.0. The Kier molecular flexibility index (Phi) is 6.45. The third-order valence-electron chi connectivity index (χ3n) is 3.54. The van der Waals surface area contributed by atoms with Crippen LogP contribution in [-0.4, -0.2) is 38.0 Å². The Balaban J connectivity index is 1.89. The van der Waals surface area contributed by atoms with E-state index in [0.717, 1.165) is 11.3 Å². The molecule has 0 aliphatic carbocycles. The Morgan fingerprint density at radius 2 is 1.54 bits per heavy atom. The molecule has 0 saturated heterocycles. The largest absolute Gasteiger partial charge is 0.497 e. The number of anilines is 1. The van der Waals surface area contributed by atoms with Crippen LogP contribution < -0.4 is 20.1 Å². The number of carbonyl (C=O) groups is 1. The molecule has 2 aromatic rings. The van der Waals surface area contributed by atoms with Gasteiger partial charge in [-0.05, 0) is 48.4 Å². The lowest BCUT2D eigenvalue weighted by atomic mass is 10.1. The van der Waals surface area contributed by atoms with Crippen LogP contribution in [0.1, 0.15) is 5.56 Å². The number of ether oxygens (including phenoxy) is 2. The minimum Gasteiger partial charge on any atom is -0.497 e. The molecular formula is C18H22N2O4. The van der Waals surface area contributed by atoms with Crippen LogP contribution in [0.15, 0.2) is 48.5 Å². The standard InChI is InChI=1S/C18H22N2O4/c1-23-16-7-3-13(4-8-16)11-15(12-21)20-18(22)19-14-5-9-17(24-2)10-6-14/h3-10,15,21H,11-12H2,1-2H3,(H2,19,20,22). The van der Waals surface area contributed by atoms with Crippen LogP contribution in [-0.2, 0) is 6.42 Å². The second-order valence-corrected chi connectivity index (χ2v) is 5.26. The molecular weight excluding hydrogens is 308 g/mol. The first kappa shape index (κ1) is 17.6. The SMILES string of the molecule is COc1ccc(CC(CO)NC(=O)Nc2ccc(OC)cc2)cc1. The van der Waals surface area contributed by atoms with E-state index in [4.69, 9.17) is 9.47 Å². The van der Waals surface area contributed by atoms with E-state index in [1.165, 1.54) is 0 Å². The van der Waals surface area contributed by atoms with Gasteiger partial charge in [0.25, 0.3) is 0 Å². The Hall–Kier alpha value is -2.73. The first-order chi connectivity index (χ1) is 11.6. The summed E-state index contributed by atoms with van der Waals surface area (Å²) in [7, 11) is 3.19. The number of hydrogen-bond acceptors (Lipinski definition) is 4. The second-order valence-electron chi connectivity index (χ2n) is 5.26. The zero-order valence-electron chi connectivity index (χ0n) is 13.8. The number of benzene rings is 2. The predicted molar refractivity (Wildman–Crippen MR) is 92.7 cm³/mol. The maximum absolute atomic E-state index is 12.0. The van der Waals surface area contributed by atoms with Crippen molar-refractivity contribution >= 4 is 11.7 Å². The van der Waals surface area contributed by atoms with Gasteiger partial charge in [0.2, 0.25) is 0 Å². The molecule has 0 bridgehead atoms. The predicted octanol–water partition coefficient (Wildman–Crippen LogP) is 2.43. The van der Waals surface area contributed by atoms with Gasteiger partial charge >= 0.3 is 6.03 Å². The van der Waals surface area contributed by atoms with Crippen molar-refractivity contribution in [1.29, 1.82) is 0 Å². The number of urea groups is 1. The molecule has 0 aliphatic rings. The van der Waals surface area contributed by atoms with E-state index in [0.29, 0.717) is 17.9 Å². The molecule has 1 atom stereocenters. The minimum absolute atomic E-state index is 0.151. The lowest BCUT2D eigenvalue weighted by molar-refractivity contribution is 0.224. The average Bonchev–Trinajstić information content (AvgIpc) is 2.62. The summed E-state index contributed by atoms with van der Waals surface area (Å²) < 4.78 is 10.2. The van der Waals surface area contributed by atoms with Crippen LogP contribution in [0.2, 0.25) is 0 Å². The molecule has 2 aromatic carbocycles. The normalized spacial score (nSPS) is 11.5. The Morgan fingerprint density at radius 1 is 1.00 bits per heavy atom. The van der Waals surface area contributed by atoms with Gasteiger partial charge in [-0.3, -0.25) is 0 Å². The lowest BCUT2D eigenvalue weighted by Crippen LogP contribution is -2.41. The average molecular weight is 330 g/mol. The molecule has 6 heteroatoms. The highest BCUT2D eigenvalue weighted by Crippen LogP contribution is 2.15. The molecule has 0 saturated carbocycles. The van der Waals surface area contributed by atoms with Gasteiger partial charge < -0.3 is 25.2 Å². The van der Waals surface area contributed by atoms with Gasteiger partial charge in [-0.25, -0.2) is 4.79 Å². The van der Waals surface area contributed by atoms with Crippen molar-refractivity contribution in [2.45, 2.75) is 12.5 Å². The van der Waals surface area contributed by atoms with Crippen LogP contribution >= 0.6 is 0 Å². The number of methoxy groups -OCH3 is 2. The Morgan fingerprint density at radius 3 is 2.04 bits per heavy atom. The fourth-order valence-corrected chi connectivity index (χ4v) is 2.23. The molecule has 2 amide bonds. The zero-order chi connectivity index (χ0) is 17.4. The number of hydrogen-bond donors (Lipinski definition) is 3. The van der Waals surface area contributed by atoms with Gasteiger partial charge in [0.15, 0.2) is 0 Å². The summed E-state index contributed by atoms with van der Waals surface area (Å²) in [6.07, 6.45) is 0.524.